The van der Waals surface area contributed by atoms with Gasteiger partial charge in [-0.3, -0.25) is 0 Å². The van der Waals surface area contributed by atoms with Gasteiger partial charge in [-0.05, 0) is 24.6 Å². The maximum Gasteiger partial charge on any atom is 0.0292 e. The molecule has 0 bridgehead atoms. The van der Waals surface area contributed by atoms with E-state index in [9.17, 15) is 0 Å². The molecule has 0 aromatic heterocycles. The molecule has 0 saturated heterocycles. The second-order valence-electron chi connectivity index (χ2n) is 3.18. The highest BCUT2D eigenvalue weighted by Gasteiger charge is 2.03. The molecule has 1 atom stereocenters. The molecule has 14 heavy (non-hydrogen) atoms. The molecule has 0 spiro atoms. The zero-order chi connectivity index (χ0) is 10.4. The van der Waals surface area contributed by atoms with E-state index >= 15 is 0 Å². The molecule has 0 aliphatic rings. The van der Waals surface area contributed by atoms with E-state index in [1.165, 1.54) is 5.56 Å². The number of rotatable bonds is 4. The molecule has 1 rings (SSSR count). The van der Waals surface area contributed by atoms with Gasteiger partial charge in [0.2, 0.25) is 0 Å². The summed E-state index contributed by atoms with van der Waals surface area (Å²) in [5.41, 5.74) is 1.27. The molecule has 1 unspecified atom stereocenters. The van der Waals surface area contributed by atoms with Crippen molar-refractivity contribution in [2.24, 2.45) is 0 Å². The van der Waals surface area contributed by atoms with Crippen molar-refractivity contribution in [2.45, 2.75) is 19.4 Å². The lowest BCUT2D eigenvalue weighted by Crippen LogP contribution is -2.19. The van der Waals surface area contributed by atoms with Crippen molar-refractivity contribution in [3.63, 3.8) is 0 Å². The van der Waals surface area contributed by atoms with Crippen LogP contribution in [0.4, 0.5) is 0 Å². The van der Waals surface area contributed by atoms with Gasteiger partial charge in [-0.2, -0.15) is 0 Å². The molecule has 0 saturated carbocycles. The molecule has 1 aromatic carbocycles. The maximum atomic E-state index is 5.18. The van der Waals surface area contributed by atoms with Gasteiger partial charge in [-0.15, -0.1) is 12.3 Å². The largest absolute Gasteiger partial charge is 0.309 e. The Morgan fingerprint density at radius 3 is 3.00 bits per heavy atom. The summed E-state index contributed by atoms with van der Waals surface area (Å²) < 4.78 is 1.11. The minimum atomic E-state index is 0.348. The van der Waals surface area contributed by atoms with Gasteiger partial charge in [0.05, 0.1) is 0 Å². The summed E-state index contributed by atoms with van der Waals surface area (Å²) in [6.07, 6.45) is 5.96. The number of nitrogens with one attached hydrogen (secondary N) is 1. The molecule has 74 valence electrons. The van der Waals surface area contributed by atoms with Crippen molar-refractivity contribution in [3.8, 4) is 12.3 Å². The molecule has 0 heterocycles. The van der Waals surface area contributed by atoms with Crippen molar-refractivity contribution in [1.29, 1.82) is 0 Å². The van der Waals surface area contributed by atoms with Crippen molar-refractivity contribution < 1.29 is 0 Å². The molecule has 0 radical (unpaired) electrons. The monoisotopic (exact) mass is 251 g/mol. The first kappa shape index (κ1) is 11.3. The highest BCUT2D eigenvalue weighted by Crippen LogP contribution is 2.17. The van der Waals surface area contributed by atoms with E-state index in [1.807, 2.05) is 12.1 Å². The van der Waals surface area contributed by atoms with Gasteiger partial charge in [0, 0.05) is 23.5 Å². The summed E-state index contributed by atoms with van der Waals surface area (Å²) in [6, 6.07) is 8.64. The Bertz CT molecular complexity index is 327. The van der Waals surface area contributed by atoms with E-state index in [-0.39, 0.29) is 0 Å². The van der Waals surface area contributed by atoms with Crippen molar-refractivity contribution in [1.82, 2.24) is 5.32 Å². The van der Waals surface area contributed by atoms with Gasteiger partial charge in [0.15, 0.2) is 0 Å². The maximum absolute atomic E-state index is 5.18. The van der Waals surface area contributed by atoms with Crippen LogP contribution in [0.1, 0.15) is 24.9 Å². The first-order valence-corrected chi connectivity index (χ1v) is 5.45. The first-order chi connectivity index (χ1) is 6.74. The van der Waals surface area contributed by atoms with Crippen molar-refractivity contribution >= 4 is 15.9 Å². The van der Waals surface area contributed by atoms with Crippen LogP contribution in [0.5, 0.6) is 0 Å². The standard InChI is InChI=1S/C12H14BrN/c1-3-4-8-14-10(2)11-6-5-7-12(13)9-11/h1,5-7,9-10,14H,4,8H2,2H3. The van der Waals surface area contributed by atoms with Gasteiger partial charge in [0.1, 0.15) is 0 Å². The number of halogens is 1. The van der Waals surface area contributed by atoms with Gasteiger partial charge in [-0.1, -0.05) is 28.1 Å². The van der Waals surface area contributed by atoms with E-state index in [2.05, 4.69) is 46.2 Å². The van der Waals surface area contributed by atoms with Crippen LogP contribution in [0, 0.1) is 12.3 Å². The predicted molar refractivity (Wildman–Crippen MR) is 64.0 cm³/mol. The molecule has 0 amide bonds. The molecular weight excluding hydrogens is 238 g/mol. The van der Waals surface area contributed by atoms with Crippen molar-refractivity contribution in [2.75, 3.05) is 6.54 Å². The quantitative estimate of drug-likeness (QED) is 0.641. The Labute approximate surface area is 94.0 Å². The third-order valence-electron chi connectivity index (χ3n) is 2.07. The van der Waals surface area contributed by atoms with E-state index < -0.39 is 0 Å². The summed E-state index contributed by atoms with van der Waals surface area (Å²) in [5, 5.41) is 3.36. The highest BCUT2D eigenvalue weighted by atomic mass is 79.9. The van der Waals surface area contributed by atoms with Crippen molar-refractivity contribution in [3.05, 3.63) is 34.3 Å². The lowest BCUT2D eigenvalue weighted by Gasteiger charge is -2.13. The van der Waals surface area contributed by atoms with Gasteiger partial charge >= 0.3 is 0 Å². The normalized spacial score (nSPS) is 12.1. The summed E-state index contributed by atoms with van der Waals surface area (Å²) >= 11 is 3.45. The van der Waals surface area contributed by atoms with E-state index in [0.29, 0.717) is 6.04 Å². The van der Waals surface area contributed by atoms with Gasteiger partial charge in [-0.25, -0.2) is 0 Å². The molecule has 0 aliphatic carbocycles. The Morgan fingerprint density at radius 1 is 1.57 bits per heavy atom. The first-order valence-electron chi connectivity index (χ1n) is 4.66. The van der Waals surface area contributed by atoms with E-state index in [1.54, 1.807) is 0 Å². The number of hydrogen-bond acceptors (Lipinski definition) is 1. The van der Waals surface area contributed by atoms with Crippen LogP contribution in [0.15, 0.2) is 28.7 Å². The zero-order valence-electron chi connectivity index (χ0n) is 8.26. The van der Waals surface area contributed by atoms with Crippen LogP contribution in [-0.4, -0.2) is 6.54 Å². The summed E-state index contributed by atoms with van der Waals surface area (Å²) in [4.78, 5) is 0. The third-order valence-corrected chi connectivity index (χ3v) is 2.56. The van der Waals surface area contributed by atoms with Crippen LogP contribution in [0.3, 0.4) is 0 Å². The van der Waals surface area contributed by atoms with Crippen LogP contribution < -0.4 is 5.32 Å². The van der Waals surface area contributed by atoms with Crippen LogP contribution in [-0.2, 0) is 0 Å². The fourth-order valence-electron chi connectivity index (χ4n) is 1.25. The minimum absolute atomic E-state index is 0.348. The lowest BCUT2D eigenvalue weighted by atomic mass is 10.1. The zero-order valence-corrected chi connectivity index (χ0v) is 9.84. The fraction of sp³-hybridized carbons (Fsp3) is 0.333. The Kier molecular flexibility index (Phi) is 4.72. The Balaban J connectivity index is 2.52. The molecule has 2 heteroatoms. The molecule has 0 fully saturated rings. The topological polar surface area (TPSA) is 12.0 Å². The third kappa shape index (κ3) is 3.53. The average molecular weight is 252 g/mol. The van der Waals surface area contributed by atoms with Gasteiger partial charge in [0.25, 0.3) is 0 Å². The molecule has 0 aliphatic heterocycles. The van der Waals surface area contributed by atoms with E-state index in [0.717, 1.165) is 17.4 Å². The van der Waals surface area contributed by atoms with E-state index in [4.69, 9.17) is 6.42 Å². The molecular formula is C12H14BrN. The van der Waals surface area contributed by atoms with Crippen LogP contribution >= 0.6 is 15.9 Å². The second kappa shape index (κ2) is 5.85. The number of terminal acetylenes is 1. The molecule has 1 aromatic rings. The Hall–Kier alpha value is -0.780. The van der Waals surface area contributed by atoms with Crippen LogP contribution in [0.2, 0.25) is 0 Å². The fourth-order valence-corrected chi connectivity index (χ4v) is 1.67. The minimum Gasteiger partial charge on any atom is -0.309 e. The SMILES string of the molecule is C#CCCNC(C)c1cccc(Br)c1. The smallest absolute Gasteiger partial charge is 0.0292 e. The summed E-state index contributed by atoms with van der Waals surface area (Å²) in [5.74, 6) is 2.61. The average Bonchev–Trinajstić information content (AvgIpc) is 2.18. The molecule has 1 N–H and O–H groups in total. The summed E-state index contributed by atoms with van der Waals surface area (Å²) in [7, 11) is 0. The highest BCUT2D eigenvalue weighted by molar-refractivity contribution is 9.10. The summed E-state index contributed by atoms with van der Waals surface area (Å²) in [6.45, 7) is 3.00. The number of benzene rings is 1. The van der Waals surface area contributed by atoms with Gasteiger partial charge < -0.3 is 5.32 Å². The van der Waals surface area contributed by atoms with Crippen LogP contribution in [0.25, 0.3) is 0 Å². The second-order valence-corrected chi connectivity index (χ2v) is 4.10. The predicted octanol–water partition coefficient (Wildman–Crippen LogP) is 3.12. The molecule has 1 nitrogen and oxygen atoms in total. The lowest BCUT2D eigenvalue weighted by molar-refractivity contribution is 0.584. The number of hydrogen-bond donors (Lipinski definition) is 1. The Morgan fingerprint density at radius 2 is 2.36 bits per heavy atom.